The van der Waals surface area contributed by atoms with Gasteiger partial charge in [-0.05, 0) is 56.3 Å². The summed E-state index contributed by atoms with van der Waals surface area (Å²) in [6.45, 7) is 2.25. The number of amides is 1. The maximum Gasteiger partial charge on any atom is 0.409 e. The Labute approximate surface area is 162 Å². The molecule has 1 amide bonds. The molecule has 5 heteroatoms. The van der Waals surface area contributed by atoms with Crippen LogP contribution in [0.25, 0.3) is 0 Å². The lowest BCUT2D eigenvalue weighted by Gasteiger charge is -2.40. The molecule has 0 unspecified atom stereocenters. The van der Waals surface area contributed by atoms with Gasteiger partial charge in [-0.25, -0.2) is 0 Å². The van der Waals surface area contributed by atoms with E-state index in [0.717, 1.165) is 43.4 Å². The number of carbonyl (C=O) groups is 1. The fourth-order valence-corrected chi connectivity index (χ4v) is 5.05. The summed E-state index contributed by atoms with van der Waals surface area (Å²) in [4.78, 5) is 13.5. The molecule has 0 heterocycles. The van der Waals surface area contributed by atoms with Crippen molar-refractivity contribution in [3.05, 3.63) is 12.2 Å². The molecular weight excluding hydrogens is 351 g/mol. The van der Waals surface area contributed by atoms with Gasteiger partial charge >= 0.3 is 6.18 Å². The van der Waals surface area contributed by atoms with Gasteiger partial charge in [-0.2, -0.15) is 13.2 Å². The summed E-state index contributed by atoms with van der Waals surface area (Å²) in [5.74, 6) is 1.95. The molecule has 0 aromatic rings. The number of halogens is 3. The molecule has 0 radical (unpaired) electrons. The number of alkyl halides is 3. The number of carbonyl (C=O) groups excluding carboxylic acids is 1. The van der Waals surface area contributed by atoms with Crippen LogP contribution in [0.4, 0.5) is 13.2 Å². The molecule has 0 N–H and O–H groups in total. The van der Waals surface area contributed by atoms with Gasteiger partial charge in [0.25, 0.3) is 0 Å². The minimum absolute atomic E-state index is 0.0381. The second-order valence-corrected chi connectivity index (χ2v) is 8.67. The van der Waals surface area contributed by atoms with Crippen molar-refractivity contribution in [1.82, 2.24) is 4.90 Å². The highest BCUT2D eigenvalue weighted by Gasteiger charge is 2.32. The molecule has 2 aliphatic carbocycles. The predicted octanol–water partition coefficient (Wildman–Crippen LogP) is 6.51. The van der Waals surface area contributed by atoms with Gasteiger partial charge in [0.2, 0.25) is 5.91 Å². The van der Waals surface area contributed by atoms with Crippen molar-refractivity contribution in [3.8, 4) is 0 Å². The molecule has 27 heavy (non-hydrogen) atoms. The van der Waals surface area contributed by atoms with Gasteiger partial charge < -0.3 is 4.90 Å². The first-order valence-electron chi connectivity index (χ1n) is 10.8. The van der Waals surface area contributed by atoms with Crippen LogP contribution >= 0.6 is 0 Å². The smallest absolute Gasteiger partial charge is 0.339 e. The van der Waals surface area contributed by atoms with E-state index in [9.17, 15) is 18.0 Å². The van der Waals surface area contributed by atoms with Crippen molar-refractivity contribution in [2.24, 2.45) is 17.8 Å². The maximum absolute atomic E-state index is 12.2. The number of hydrogen-bond donors (Lipinski definition) is 0. The van der Waals surface area contributed by atoms with Crippen LogP contribution < -0.4 is 0 Å². The van der Waals surface area contributed by atoms with Gasteiger partial charge in [0.15, 0.2) is 0 Å². The fraction of sp³-hybridized carbons (Fsp3) is 0.864. The van der Waals surface area contributed by atoms with Crippen LogP contribution in [-0.4, -0.2) is 30.1 Å². The molecule has 2 aliphatic rings. The first-order valence-corrected chi connectivity index (χ1v) is 10.8. The third-order valence-corrected chi connectivity index (χ3v) is 6.83. The molecule has 0 saturated heterocycles. The average Bonchev–Trinajstić information content (AvgIpc) is 2.66. The van der Waals surface area contributed by atoms with Gasteiger partial charge in [-0.3, -0.25) is 4.79 Å². The lowest BCUT2D eigenvalue weighted by molar-refractivity contribution is -0.128. The Morgan fingerprint density at radius 1 is 0.963 bits per heavy atom. The SMILES string of the molecule is CCCCCC1CCC(C2CCC(N(C)C(=O)/C=C/C(F)(F)F)CC2)CC1. The zero-order chi connectivity index (χ0) is 19.9. The monoisotopic (exact) mass is 387 g/mol. The van der Waals surface area contributed by atoms with Crippen LogP contribution in [0.1, 0.15) is 84.0 Å². The molecule has 0 aromatic carbocycles. The second kappa shape index (κ2) is 10.5. The molecule has 0 aliphatic heterocycles. The molecular formula is C22H36F3NO. The van der Waals surface area contributed by atoms with Crippen molar-refractivity contribution >= 4 is 5.91 Å². The van der Waals surface area contributed by atoms with E-state index in [1.54, 1.807) is 7.05 Å². The van der Waals surface area contributed by atoms with Crippen LogP contribution in [0, 0.1) is 17.8 Å². The van der Waals surface area contributed by atoms with Gasteiger partial charge in [0.1, 0.15) is 0 Å². The van der Waals surface area contributed by atoms with Gasteiger partial charge in [0, 0.05) is 25.2 Å². The first-order chi connectivity index (χ1) is 12.8. The Hall–Kier alpha value is -1.00. The van der Waals surface area contributed by atoms with Crippen LogP contribution in [-0.2, 0) is 4.79 Å². The van der Waals surface area contributed by atoms with Crippen LogP contribution in [0.2, 0.25) is 0 Å². The Morgan fingerprint density at radius 3 is 2.04 bits per heavy atom. The predicted molar refractivity (Wildman–Crippen MR) is 103 cm³/mol. The van der Waals surface area contributed by atoms with Crippen molar-refractivity contribution in [2.75, 3.05) is 7.05 Å². The largest absolute Gasteiger partial charge is 0.409 e. The fourth-order valence-electron chi connectivity index (χ4n) is 5.05. The van der Waals surface area contributed by atoms with E-state index in [1.165, 1.54) is 56.3 Å². The van der Waals surface area contributed by atoms with Crippen molar-refractivity contribution < 1.29 is 18.0 Å². The minimum atomic E-state index is -4.43. The Balaban J connectivity index is 1.71. The van der Waals surface area contributed by atoms with E-state index in [0.29, 0.717) is 6.08 Å². The third kappa shape index (κ3) is 7.50. The van der Waals surface area contributed by atoms with Crippen molar-refractivity contribution in [3.63, 3.8) is 0 Å². The Kier molecular flexibility index (Phi) is 8.68. The van der Waals surface area contributed by atoms with E-state index in [-0.39, 0.29) is 12.1 Å². The first kappa shape index (κ1) is 22.3. The van der Waals surface area contributed by atoms with E-state index in [1.807, 2.05) is 0 Å². The summed E-state index contributed by atoms with van der Waals surface area (Å²) >= 11 is 0. The summed E-state index contributed by atoms with van der Waals surface area (Å²) in [6.07, 6.45) is 11.2. The minimum Gasteiger partial charge on any atom is -0.339 e. The van der Waals surface area contributed by atoms with Crippen LogP contribution in [0.3, 0.4) is 0 Å². The summed E-state index contributed by atoms with van der Waals surface area (Å²) < 4.78 is 36.7. The standard InChI is InChI=1S/C22H36F3NO/c1-3-4-5-6-17-7-9-18(10-8-17)19-11-13-20(14-12-19)26(2)21(27)15-16-22(23,24)25/h15-20H,3-14H2,1-2H3/b16-15+. The third-order valence-electron chi connectivity index (χ3n) is 6.83. The summed E-state index contributed by atoms with van der Waals surface area (Å²) in [7, 11) is 1.63. The zero-order valence-electron chi connectivity index (χ0n) is 16.9. The average molecular weight is 388 g/mol. The van der Waals surface area contributed by atoms with E-state index in [2.05, 4.69) is 6.92 Å². The van der Waals surface area contributed by atoms with Crippen molar-refractivity contribution in [1.29, 1.82) is 0 Å². The van der Waals surface area contributed by atoms with Gasteiger partial charge in [-0.1, -0.05) is 45.4 Å². The second-order valence-electron chi connectivity index (χ2n) is 8.67. The van der Waals surface area contributed by atoms with E-state index in [4.69, 9.17) is 0 Å². The van der Waals surface area contributed by atoms with Crippen LogP contribution in [0.5, 0.6) is 0 Å². The molecule has 2 saturated carbocycles. The maximum atomic E-state index is 12.2. The number of unbranched alkanes of at least 4 members (excludes halogenated alkanes) is 2. The highest BCUT2D eigenvalue weighted by Crippen LogP contribution is 2.41. The van der Waals surface area contributed by atoms with E-state index < -0.39 is 12.1 Å². The zero-order valence-corrected chi connectivity index (χ0v) is 16.9. The molecule has 2 fully saturated rings. The highest BCUT2D eigenvalue weighted by molar-refractivity contribution is 5.87. The number of nitrogens with zero attached hydrogens (tertiary/aromatic N) is 1. The normalized spacial score (nSPS) is 29.8. The van der Waals surface area contributed by atoms with Crippen LogP contribution in [0.15, 0.2) is 12.2 Å². The van der Waals surface area contributed by atoms with Gasteiger partial charge in [0.05, 0.1) is 0 Å². The quantitative estimate of drug-likeness (QED) is 0.360. The number of allylic oxidation sites excluding steroid dienone is 1. The lowest BCUT2D eigenvalue weighted by atomic mass is 9.69. The van der Waals surface area contributed by atoms with Crippen molar-refractivity contribution in [2.45, 2.75) is 96.2 Å². The molecule has 0 spiro atoms. The Bertz CT molecular complexity index is 472. The molecule has 2 rings (SSSR count). The summed E-state index contributed by atoms with van der Waals surface area (Å²) in [6, 6.07) is 0.0806. The molecule has 0 atom stereocenters. The number of rotatable bonds is 7. The molecule has 2 nitrogen and oxygen atoms in total. The van der Waals surface area contributed by atoms with E-state index >= 15 is 0 Å². The Morgan fingerprint density at radius 2 is 1.52 bits per heavy atom. The number of likely N-dealkylation sites (N-methyl/N-ethyl adjacent to an activating group) is 1. The topological polar surface area (TPSA) is 20.3 Å². The highest BCUT2D eigenvalue weighted by atomic mass is 19.4. The summed E-state index contributed by atoms with van der Waals surface area (Å²) in [5.41, 5.74) is 0. The summed E-state index contributed by atoms with van der Waals surface area (Å²) in [5, 5.41) is 0. The molecule has 0 aromatic heterocycles. The van der Waals surface area contributed by atoms with Gasteiger partial charge in [-0.15, -0.1) is 0 Å². The molecule has 156 valence electrons. The lowest BCUT2D eigenvalue weighted by Crippen LogP contribution is -2.40. The molecule has 0 bridgehead atoms. The number of hydrogen-bond acceptors (Lipinski definition) is 1.